The van der Waals surface area contributed by atoms with E-state index in [1.165, 1.54) is 35.7 Å². The minimum atomic E-state index is -3.78. The molecule has 1 amide bonds. The molecule has 0 atom stereocenters. The highest BCUT2D eigenvalue weighted by atomic mass is 32.2. The summed E-state index contributed by atoms with van der Waals surface area (Å²) in [6.07, 6.45) is 0. The van der Waals surface area contributed by atoms with Gasteiger partial charge in [-0.2, -0.15) is 4.31 Å². The first-order valence-electron chi connectivity index (χ1n) is 8.19. The summed E-state index contributed by atoms with van der Waals surface area (Å²) in [6, 6.07) is 6.82. The van der Waals surface area contributed by atoms with Gasteiger partial charge < -0.3 is 10.1 Å². The van der Waals surface area contributed by atoms with Gasteiger partial charge >= 0.3 is 0 Å². The average Bonchev–Trinajstić information content (AvgIpc) is 2.64. The molecule has 0 spiro atoms. The minimum Gasteiger partial charge on any atom is -0.496 e. The lowest BCUT2D eigenvalue weighted by Gasteiger charge is -2.19. The molecule has 0 saturated carbocycles. The highest BCUT2D eigenvalue weighted by Gasteiger charge is 2.24. The molecule has 0 bridgehead atoms. The fourth-order valence-electron chi connectivity index (χ4n) is 2.51. The van der Waals surface area contributed by atoms with Crippen LogP contribution in [0, 0.1) is 11.6 Å². The highest BCUT2D eigenvalue weighted by molar-refractivity contribution is 7.89. The van der Waals surface area contributed by atoms with Gasteiger partial charge in [-0.25, -0.2) is 17.2 Å². The number of hydrogen-bond acceptors (Lipinski definition) is 4. The van der Waals surface area contributed by atoms with Gasteiger partial charge in [-0.05, 0) is 30.3 Å². The van der Waals surface area contributed by atoms with Gasteiger partial charge in [0.05, 0.1) is 17.6 Å². The van der Waals surface area contributed by atoms with E-state index in [1.807, 2.05) is 0 Å². The van der Waals surface area contributed by atoms with Gasteiger partial charge in [0, 0.05) is 24.8 Å². The van der Waals surface area contributed by atoms with Crippen molar-refractivity contribution in [3.63, 3.8) is 0 Å². The van der Waals surface area contributed by atoms with Gasteiger partial charge in [-0.3, -0.25) is 4.79 Å². The Bertz CT molecular complexity index is 944. The second kappa shape index (κ2) is 8.45. The molecule has 9 heteroatoms. The first-order chi connectivity index (χ1) is 12.7. The summed E-state index contributed by atoms with van der Waals surface area (Å²) >= 11 is 0. The van der Waals surface area contributed by atoms with Crippen LogP contribution in [-0.4, -0.2) is 38.8 Å². The summed E-state index contributed by atoms with van der Waals surface area (Å²) in [5.74, 6) is -2.72. The number of anilines is 1. The molecule has 0 aliphatic carbocycles. The quantitative estimate of drug-likeness (QED) is 0.777. The topological polar surface area (TPSA) is 75.7 Å². The Kier molecular flexibility index (Phi) is 6.50. The van der Waals surface area contributed by atoms with Gasteiger partial charge in [0.15, 0.2) is 11.6 Å². The summed E-state index contributed by atoms with van der Waals surface area (Å²) in [6.45, 7) is 3.98. The molecule has 2 aromatic rings. The Balaban J connectivity index is 2.42. The lowest BCUT2D eigenvalue weighted by molar-refractivity contribution is 0.102. The number of benzene rings is 2. The minimum absolute atomic E-state index is 0.0259. The van der Waals surface area contributed by atoms with Crippen LogP contribution in [0.4, 0.5) is 14.5 Å². The van der Waals surface area contributed by atoms with Crippen LogP contribution in [0.25, 0.3) is 0 Å². The molecule has 0 radical (unpaired) electrons. The fraction of sp³-hybridized carbons (Fsp3) is 0.278. The van der Waals surface area contributed by atoms with Crippen LogP contribution < -0.4 is 10.1 Å². The van der Waals surface area contributed by atoms with Crippen LogP contribution in [0.5, 0.6) is 5.75 Å². The van der Waals surface area contributed by atoms with Gasteiger partial charge in [-0.15, -0.1) is 0 Å². The normalized spacial score (nSPS) is 11.5. The summed E-state index contributed by atoms with van der Waals surface area (Å²) in [4.78, 5) is 12.5. The van der Waals surface area contributed by atoms with Crippen molar-refractivity contribution in [3.05, 3.63) is 53.6 Å². The maximum absolute atomic E-state index is 13.3. The number of ether oxygens (including phenoxy) is 1. The van der Waals surface area contributed by atoms with E-state index in [4.69, 9.17) is 4.74 Å². The van der Waals surface area contributed by atoms with Gasteiger partial charge in [0.2, 0.25) is 10.0 Å². The Morgan fingerprint density at radius 2 is 1.74 bits per heavy atom. The first kappa shape index (κ1) is 20.8. The predicted octanol–water partition coefficient (Wildman–Crippen LogP) is 3.26. The highest BCUT2D eigenvalue weighted by Crippen LogP contribution is 2.26. The molecule has 27 heavy (non-hydrogen) atoms. The van der Waals surface area contributed by atoms with Crippen molar-refractivity contribution in [3.8, 4) is 5.75 Å². The molecule has 2 aromatic carbocycles. The van der Waals surface area contributed by atoms with E-state index in [2.05, 4.69) is 5.32 Å². The number of halogens is 2. The monoisotopic (exact) mass is 398 g/mol. The number of rotatable bonds is 7. The third-order valence-electron chi connectivity index (χ3n) is 3.94. The summed E-state index contributed by atoms with van der Waals surface area (Å²) < 4.78 is 58.1. The zero-order valence-electron chi connectivity index (χ0n) is 15.1. The van der Waals surface area contributed by atoms with Crippen LogP contribution in [0.1, 0.15) is 24.2 Å². The number of nitrogens with zero attached hydrogens (tertiary/aromatic N) is 1. The maximum atomic E-state index is 13.3. The molecule has 2 rings (SSSR count). The Morgan fingerprint density at radius 3 is 2.30 bits per heavy atom. The van der Waals surface area contributed by atoms with Crippen molar-refractivity contribution in [2.24, 2.45) is 0 Å². The van der Waals surface area contributed by atoms with Crippen LogP contribution in [-0.2, 0) is 10.0 Å². The van der Waals surface area contributed by atoms with E-state index in [0.29, 0.717) is 0 Å². The Morgan fingerprint density at radius 1 is 1.07 bits per heavy atom. The van der Waals surface area contributed by atoms with E-state index in [0.717, 1.165) is 12.1 Å². The SMILES string of the molecule is CCN(CC)S(=O)(=O)c1ccc(OC)c(C(=O)Nc2ccc(F)c(F)c2)c1. The van der Waals surface area contributed by atoms with Gasteiger partial charge in [0.25, 0.3) is 5.91 Å². The van der Waals surface area contributed by atoms with Crippen LogP contribution in [0.15, 0.2) is 41.3 Å². The van der Waals surface area contributed by atoms with Crippen molar-refractivity contribution < 1.29 is 26.7 Å². The van der Waals surface area contributed by atoms with E-state index >= 15 is 0 Å². The summed E-state index contributed by atoms with van der Waals surface area (Å²) in [5, 5.41) is 2.40. The lowest BCUT2D eigenvalue weighted by Crippen LogP contribution is -2.30. The van der Waals surface area contributed by atoms with E-state index in [1.54, 1.807) is 13.8 Å². The molecule has 1 N–H and O–H groups in total. The summed E-state index contributed by atoms with van der Waals surface area (Å²) in [7, 11) is -2.44. The molecule has 0 aliphatic heterocycles. The fourth-order valence-corrected chi connectivity index (χ4v) is 3.99. The molecule has 6 nitrogen and oxygen atoms in total. The third-order valence-corrected chi connectivity index (χ3v) is 5.98. The third kappa shape index (κ3) is 4.42. The molecule has 0 aliphatic rings. The average molecular weight is 398 g/mol. The molecule has 0 aromatic heterocycles. The van der Waals surface area contributed by atoms with Crippen molar-refractivity contribution in [1.82, 2.24) is 4.31 Å². The van der Waals surface area contributed by atoms with Crippen LogP contribution >= 0.6 is 0 Å². The second-order valence-corrected chi connectivity index (χ2v) is 7.47. The van der Waals surface area contributed by atoms with Crippen LogP contribution in [0.3, 0.4) is 0 Å². The molecule has 0 saturated heterocycles. The maximum Gasteiger partial charge on any atom is 0.259 e. The first-order valence-corrected chi connectivity index (χ1v) is 9.63. The van der Waals surface area contributed by atoms with E-state index in [9.17, 15) is 22.0 Å². The molecular weight excluding hydrogens is 378 g/mol. The molecule has 0 unspecified atom stereocenters. The van der Waals surface area contributed by atoms with Gasteiger partial charge in [-0.1, -0.05) is 13.8 Å². The number of nitrogens with one attached hydrogen (secondary N) is 1. The lowest BCUT2D eigenvalue weighted by atomic mass is 10.2. The number of hydrogen-bond donors (Lipinski definition) is 1. The second-order valence-electron chi connectivity index (χ2n) is 5.53. The summed E-state index contributed by atoms with van der Waals surface area (Å²) in [5.41, 5.74) is -0.0200. The van der Waals surface area contributed by atoms with E-state index in [-0.39, 0.29) is 35.0 Å². The zero-order valence-corrected chi connectivity index (χ0v) is 15.9. The van der Waals surface area contributed by atoms with E-state index < -0.39 is 27.6 Å². The zero-order chi connectivity index (χ0) is 20.2. The van der Waals surface area contributed by atoms with Crippen molar-refractivity contribution in [2.75, 3.05) is 25.5 Å². The van der Waals surface area contributed by atoms with Crippen molar-refractivity contribution in [2.45, 2.75) is 18.7 Å². The number of sulfonamides is 1. The number of carbonyl (C=O) groups is 1. The van der Waals surface area contributed by atoms with Gasteiger partial charge in [0.1, 0.15) is 5.75 Å². The predicted molar refractivity (Wildman–Crippen MR) is 97.4 cm³/mol. The molecular formula is C18H20F2N2O4S. The molecule has 146 valence electrons. The molecule has 0 fully saturated rings. The Labute approximate surface area is 156 Å². The standard InChI is InChI=1S/C18H20F2N2O4S/c1-4-22(5-2)27(24,25)13-7-9-17(26-3)14(11-13)18(23)21-12-6-8-15(19)16(20)10-12/h6-11H,4-5H2,1-3H3,(H,21,23). The van der Waals surface area contributed by atoms with Crippen molar-refractivity contribution in [1.29, 1.82) is 0 Å². The number of carbonyl (C=O) groups excluding carboxylic acids is 1. The van der Waals surface area contributed by atoms with Crippen molar-refractivity contribution >= 4 is 21.6 Å². The smallest absolute Gasteiger partial charge is 0.259 e. The largest absolute Gasteiger partial charge is 0.496 e. The molecule has 0 heterocycles. The number of methoxy groups -OCH3 is 1. The van der Waals surface area contributed by atoms with Crippen LogP contribution in [0.2, 0.25) is 0 Å². The number of amides is 1. The Hall–Kier alpha value is -2.52.